The Balaban J connectivity index is 2.04. The van der Waals surface area contributed by atoms with E-state index in [2.05, 4.69) is 36.3 Å². The summed E-state index contributed by atoms with van der Waals surface area (Å²) in [5.74, 6) is 1.42. The molecule has 22 heavy (non-hydrogen) atoms. The van der Waals surface area contributed by atoms with Gasteiger partial charge in [0, 0.05) is 18.8 Å². The summed E-state index contributed by atoms with van der Waals surface area (Å²) in [6, 6.07) is 14.7. The summed E-state index contributed by atoms with van der Waals surface area (Å²) in [6.07, 6.45) is 2.04. The Morgan fingerprint density at radius 2 is 1.73 bits per heavy atom. The van der Waals surface area contributed by atoms with Crippen LogP contribution < -0.4 is 10.1 Å². The predicted octanol–water partition coefficient (Wildman–Crippen LogP) is 4.36. The van der Waals surface area contributed by atoms with Crippen molar-refractivity contribution in [3.8, 4) is 5.75 Å². The summed E-state index contributed by atoms with van der Waals surface area (Å²) in [5, 5.41) is 3.61. The van der Waals surface area contributed by atoms with E-state index >= 15 is 0 Å². The highest BCUT2D eigenvalue weighted by Crippen LogP contribution is 2.24. The summed E-state index contributed by atoms with van der Waals surface area (Å²) in [4.78, 5) is 4.37. The lowest BCUT2D eigenvalue weighted by Crippen LogP contribution is -2.25. The number of aromatic nitrogens is 1. The second-order valence-corrected chi connectivity index (χ2v) is 6.16. The minimum atomic E-state index is 0.203. The zero-order chi connectivity index (χ0) is 15.9. The minimum absolute atomic E-state index is 0.203. The van der Waals surface area contributed by atoms with Crippen molar-refractivity contribution in [2.75, 3.05) is 0 Å². The van der Waals surface area contributed by atoms with Crippen LogP contribution in [-0.4, -0.2) is 11.1 Å². The number of nitrogens with zero attached hydrogens (tertiary/aromatic N) is 1. The van der Waals surface area contributed by atoms with Crippen LogP contribution in [0, 0.1) is 5.92 Å². The Hall–Kier alpha value is -1.87. The molecule has 1 aromatic carbocycles. The molecule has 3 heteroatoms. The van der Waals surface area contributed by atoms with Crippen molar-refractivity contribution < 1.29 is 4.74 Å². The van der Waals surface area contributed by atoms with Crippen molar-refractivity contribution in [1.82, 2.24) is 10.3 Å². The molecule has 0 unspecified atom stereocenters. The number of hydrogen-bond acceptors (Lipinski definition) is 3. The van der Waals surface area contributed by atoms with E-state index in [1.165, 1.54) is 5.56 Å². The Kier molecular flexibility index (Phi) is 5.96. The highest BCUT2D eigenvalue weighted by molar-refractivity contribution is 5.29. The van der Waals surface area contributed by atoms with Crippen molar-refractivity contribution in [2.24, 2.45) is 5.92 Å². The highest BCUT2D eigenvalue weighted by atomic mass is 16.5. The molecule has 0 amide bonds. The SMILES string of the molecule is CC(C)Oc1ccc([C@@H](NCc2ccccn2)C(C)C)cc1. The Morgan fingerprint density at radius 1 is 1.00 bits per heavy atom. The van der Waals surface area contributed by atoms with Crippen LogP contribution in [0.4, 0.5) is 0 Å². The molecule has 0 aliphatic rings. The first-order valence-corrected chi connectivity index (χ1v) is 7.96. The largest absolute Gasteiger partial charge is 0.491 e. The summed E-state index contributed by atoms with van der Waals surface area (Å²) >= 11 is 0. The van der Waals surface area contributed by atoms with E-state index in [4.69, 9.17) is 4.74 Å². The topological polar surface area (TPSA) is 34.1 Å². The lowest BCUT2D eigenvalue weighted by Gasteiger charge is -2.23. The average molecular weight is 298 g/mol. The van der Waals surface area contributed by atoms with Crippen molar-refractivity contribution in [2.45, 2.75) is 46.4 Å². The smallest absolute Gasteiger partial charge is 0.119 e. The zero-order valence-corrected chi connectivity index (χ0v) is 13.9. The standard InChI is InChI=1S/C19H26N2O/c1-14(2)19(21-13-17-7-5-6-12-20-17)16-8-10-18(11-9-16)22-15(3)4/h5-12,14-15,19,21H,13H2,1-4H3/t19-/m0/s1. The van der Waals surface area contributed by atoms with Crippen LogP contribution in [0.25, 0.3) is 0 Å². The van der Waals surface area contributed by atoms with E-state index in [1.807, 2.05) is 50.4 Å². The van der Waals surface area contributed by atoms with Gasteiger partial charge in [-0.05, 0) is 49.6 Å². The van der Waals surface area contributed by atoms with Crippen LogP contribution in [0.3, 0.4) is 0 Å². The molecule has 1 aromatic heterocycles. The molecule has 0 saturated carbocycles. The van der Waals surface area contributed by atoms with Gasteiger partial charge in [0.05, 0.1) is 11.8 Å². The molecule has 1 N–H and O–H groups in total. The van der Waals surface area contributed by atoms with E-state index in [-0.39, 0.29) is 6.10 Å². The van der Waals surface area contributed by atoms with Crippen molar-refractivity contribution in [1.29, 1.82) is 0 Å². The molecule has 0 saturated heterocycles. The van der Waals surface area contributed by atoms with Crippen LogP contribution in [0.1, 0.15) is 45.0 Å². The van der Waals surface area contributed by atoms with Gasteiger partial charge >= 0.3 is 0 Å². The van der Waals surface area contributed by atoms with Crippen molar-refractivity contribution in [3.05, 3.63) is 59.9 Å². The zero-order valence-electron chi connectivity index (χ0n) is 13.9. The molecule has 118 valence electrons. The summed E-state index contributed by atoms with van der Waals surface area (Å²) in [5.41, 5.74) is 2.34. The number of ether oxygens (including phenoxy) is 1. The van der Waals surface area contributed by atoms with Gasteiger partial charge in [-0.3, -0.25) is 4.98 Å². The molecule has 2 aromatic rings. The van der Waals surface area contributed by atoms with E-state index < -0.39 is 0 Å². The molecule has 1 heterocycles. The van der Waals surface area contributed by atoms with Gasteiger partial charge in [-0.15, -0.1) is 0 Å². The third kappa shape index (κ3) is 4.85. The van der Waals surface area contributed by atoms with E-state index in [0.717, 1.165) is 18.0 Å². The Labute approximate surface area is 133 Å². The third-order valence-corrected chi connectivity index (χ3v) is 3.51. The molecular formula is C19H26N2O. The average Bonchev–Trinajstić information content (AvgIpc) is 2.49. The fourth-order valence-corrected chi connectivity index (χ4v) is 2.48. The first kappa shape index (κ1) is 16.5. The second kappa shape index (κ2) is 7.95. The fourth-order valence-electron chi connectivity index (χ4n) is 2.48. The number of pyridine rings is 1. The first-order chi connectivity index (χ1) is 10.6. The number of rotatable bonds is 7. The van der Waals surface area contributed by atoms with Crippen LogP contribution >= 0.6 is 0 Å². The van der Waals surface area contributed by atoms with Crippen LogP contribution in [0.2, 0.25) is 0 Å². The van der Waals surface area contributed by atoms with Gasteiger partial charge in [-0.2, -0.15) is 0 Å². The molecule has 0 aliphatic carbocycles. The normalized spacial score (nSPS) is 12.6. The fraction of sp³-hybridized carbons (Fsp3) is 0.421. The molecule has 2 rings (SSSR count). The van der Waals surface area contributed by atoms with Gasteiger partial charge in [-0.25, -0.2) is 0 Å². The maximum absolute atomic E-state index is 5.71. The van der Waals surface area contributed by atoms with Gasteiger partial charge < -0.3 is 10.1 Å². The van der Waals surface area contributed by atoms with Gasteiger partial charge in [0.1, 0.15) is 5.75 Å². The van der Waals surface area contributed by atoms with Gasteiger partial charge in [-0.1, -0.05) is 32.0 Å². The minimum Gasteiger partial charge on any atom is -0.491 e. The second-order valence-electron chi connectivity index (χ2n) is 6.16. The van der Waals surface area contributed by atoms with Gasteiger partial charge in [0.2, 0.25) is 0 Å². The summed E-state index contributed by atoms with van der Waals surface area (Å²) in [6.45, 7) is 9.32. The van der Waals surface area contributed by atoms with Gasteiger partial charge in [0.15, 0.2) is 0 Å². The van der Waals surface area contributed by atoms with Crippen molar-refractivity contribution >= 4 is 0 Å². The van der Waals surface area contributed by atoms with E-state index in [1.54, 1.807) is 0 Å². The predicted molar refractivity (Wildman–Crippen MR) is 90.9 cm³/mol. The number of nitrogens with one attached hydrogen (secondary N) is 1. The molecule has 3 nitrogen and oxygen atoms in total. The van der Waals surface area contributed by atoms with E-state index in [9.17, 15) is 0 Å². The molecule has 0 spiro atoms. The van der Waals surface area contributed by atoms with Crippen molar-refractivity contribution in [3.63, 3.8) is 0 Å². The number of benzene rings is 1. The number of hydrogen-bond donors (Lipinski definition) is 1. The molecule has 0 bridgehead atoms. The Morgan fingerprint density at radius 3 is 2.27 bits per heavy atom. The van der Waals surface area contributed by atoms with Crippen LogP contribution in [0.5, 0.6) is 5.75 Å². The Bertz CT molecular complexity index is 549. The summed E-state index contributed by atoms with van der Waals surface area (Å²) in [7, 11) is 0. The maximum Gasteiger partial charge on any atom is 0.119 e. The molecule has 0 fully saturated rings. The maximum atomic E-state index is 5.71. The monoisotopic (exact) mass is 298 g/mol. The molecular weight excluding hydrogens is 272 g/mol. The molecule has 1 atom stereocenters. The van der Waals surface area contributed by atoms with Gasteiger partial charge in [0.25, 0.3) is 0 Å². The molecule has 0 radical (unpaired) electrons. The summed E-state index contributed by atoms with van der Waals surface area (Å²) < 4.78 is 5.71. The third-order valence-electron chi connectivity index (χ3n) is 3.51. The lowest BCUT2D eigenvalue weighted by atomic mass is 9.96. The van der Waals surface area contributed by atoms with Crippen LogP contribution in [-0.2, 0) is 6.54 Å². The van der Waals surface area contributed by atoms with Crippen LogP contribution in [0.15, 0.2) is 48.7 Å². The lowest BCUT2D eigenvalue weighted by molar-refractivity contribution is 0.242. The molecule has 0 aliphatic heterocycles. The van der Waals surface area contributed by atoms with E-state index in [0.29, 0.717) is 12.0 Å². The first-order valence-electron chi connectivity index (χ1n) is 7.96. The quantitative estimate of drug-likeness (QED) is 0.825. The highest BCUT2D eigenvalue weighted by Gasteiger charge is 2.15.